The van der Waals surface area contributed by atoms with E-state index < -0.39 is 12.1 Å². The molecule has 156 valence electrons. The van der Waals surface area contributed by atoms with Crippen molar-refractivity contribution in [3.05, 3.63) is 11.7 Å². The lowest BCUT2D eigenvalue weighted by molar-refractivity contribution is -0.160. The lowest BCUT2D eigenvalue weighted by atomic mass is 9.96. The summed E-state index contributed by atoms with van der Waals surface area (Å²) in [4.78, 5) is 43.4. The van der Waals surface area contributed by atoms with E-state index in [1.54, 1.807) is 16.7 Å². The molecule has 0 aliphatic carbocycles. The van der Waals surface area contributed by atoms with Crippen molar-refractivity contribution in [3.8, 4) is 0 Å². The van der Waals surface area contributed by atoms with Crippen molar-refractivity contribution < 1.29 is 23.6 Å². The monoisotopic (exact) mass is 394 g/mol. The van der Waals surface area contributed by atoms with Gasteiger partial charge in [-0.15, -0.1) is 0 Å². The molecule has 9 nitrogen and oxygen atoms in total. The molecule has 0 bridgehead atoms. The summed E-state index contributed by atoms with van der Waals surface area (Å²) in [7, 11) is 0. The van der Waals surface area contributed by atoms with E-state index in [4.69, 9.17) is 9.26 Å². The first-order chi connectivity index (χ1) is 13.1. The molecule has 1 aliphatic rings. The Bertz CT molecular complexity index is 701. The molecule has 1 saturated heterocycles. The molecule has 1 atom stereocenters. The summed E-state index contributed by atoms with van der Waals surface area (Å²) in [6.45, 7) is 11.0. The average molecular weight is 394 g/mol. The normalized spacial score (nSPS) is 16.0. The van der Waals surface area contributed by atoms with Gasteiger partial charge in [0.25, 0.3) is 5.91 Å². The predicted molar refractivity (Wildman–Crippen MR) is 100 cm³/mol. The van der Waals surface area contributed by atoms with E-state index in [2.05, 4.69) is 10.1 Å². The van der Waals surface area contributed by atoms with Crippen LogP contribution in [0.4, 0.5) is 0 Å². The maximum Gasteiger partial charge on any atom is 0.306 e. The summed E-state index contributed by atoms with van der Waals surface area (Å²) in [5, 5.41) is 3.95. The Kier molecular flexibility index (Phi) is 7.15. The third-order valence-corrected chi connectivity index (χ3v) is 4.60. The maximum absolute atomic E-state index is 12.4. The number of aromatic nitrogens is 2. The molecule has 1 fully saturated rings. The van der Waals surface area contributed by atoms with Gasteiger partial charge in [0.05, 0.1) is 0 Å². The summed E-state index contributed by atoms with van der Waals surface area (Å²) in [6.07, 6.45) is 0.312. The van der Waals surface area contributed by atoms with Gasteiger partial charge in [0.15, 0.2) is 11.9 Å². The number of carbonyl (C=O) groups excluding carboxylic acids is 3. The quantitative estimate of drug-likeness (QED) is 0.670. The van der Waals surface area contributed by atoms with Crippen molar-refractivity contribution in [3.63, 3.8) is 0 Å². The Morgan fingerprint density at radius 2 is 1.75 bits per heavy atom. The maximum atomic E-state index is 12.4. The van der Waals surface area contributed by atoms with Crippen molar-refractivity contribution in [1.29, 1.82) is 0 Å². The third kappa shape index (κ3) is 6.03. The number of piperazine rings is 1. The van der Waals surface area contributed by atoms with Crippen LogP contribution in [0.2, 0.25) is 0 Å². The molecule has 1 aliphatic heterocycles. The third-order valence-electron chi connectivity index (χ3n) is 4.60. The summed E-state index contributed by atoms with van der Waals surface area (Å²) in [5.74, 6) is 0.462. The number of ether oxygens (including phenoxy) is 1. The van der Waals surface area contributed by atoms with E-state index in [0.29, 0.717) is 50.7 Å². The Balaban J connectivity index is 1.71. The number of nitrogens with zero attached hydrogens (tertiary/aromatic N) is 4. The van der Waals surface area contributed by atoms with Crippen LogP contribution in [0, 0.1) is 0 Å². The number of amides is 2. The highest BCUT2D eigenvalue weighted by atomic mass is 16.5. The molecule has 1 aromatic heterocycles. The molecule has 2 heterocycles. The van der Waals surface area contributed by atoms with Crippen LogP contribution in [0.3, 0.4) is 0 Å². The van der Waals surface area contributed by atoms with Crippen LogP contribution < -0.4 is 0 Å². The molecule has 1 unspecified atom stereocenters. The van der Waals surface area contributed by atoms with E-state index in [9.17, 15) is 14.4 Å². The second kappa shape index (κ2) is 9.16. The Morgan fingerprint density at radius 3 is 2.29 bits per heavy atom. The van der Waals surface area contributed by atoms with Crippen molar-refractivity contribution in [2.45, 2.75) is 65.4 Å². The topological polar surface area (TPSA) is 106 Å². The minimum Gasteiger partial charge on any atom is -0.453 e. The molecule has 0 N–H and O–H groups in total. The fraction of sp³-hybridized carbons (Fsp3) is 0.737. The van der Waals surface area contributed by atoms with Gasteiger partial charge in [0, 0.05) is 51.4 Å². The first kappa shape index (κ1) is 21.8. The van der Waals surface area contributed by atoms with Crippen LogP contribution in [0.1, 0.15) is 59.2 Å². The van der Waals surface area contributed by atoms with Crippen LogP contribution in [0.15, 0.2) is 4.52 Å². The molecular formula is C19H30N4O5. The average Bonchev–Trinajstić information content (AvgIpc) is 3.10. The minimum absolute atomic E-state index is 0.00226. The lowest BCUT2D eigenvalue weighted by Gasteiger charge is -2.35. The molecule has 0 spiro atoms. The Labute approximate surface area is 165 Å². The number of rotatable bonds is 6. The predicted octanol–water partition coefficient (Wildman–Crippen LogP) is 1.31. The van der Waals surface area contributed by atoms with Crippen molar-refractivity contribution in [1.82, 2.24) is 19.9 Å². The van der Waals surface area contributed by atoms with Gasteiger partial charge < -0.3 is 19.1 Å². The van der Waals surface area contributed by atoms with Crippen LogP contribution in [-0.4, -0.2) is 70.0 Å². The van der Waals surface area contributed by atoms with Crippen molar-refractivity contribution in [2.24, 2.45) is 0 Å². The second-order valence-electron chi connectivity index (χ2n) is 8.08. The van der Waals surface area contributed by atoms with Crippen LogP contribution in [-0.2, 0) is 31.0 Å². The molecule has 2 rings (SSSR count). The lowest BCUT2D eigenvalue weighted by Crippen LogP contribution is -2.52. The van der Waals surface area contributed by atoms with Gasteiger partial charge in [0.1, 0.15) is 0 Å². The number of hydrogen-bond donors (Lipinski definition) is 0. The fourth-order valence-electron chi connectivity index (χ4n) is 2.85. The minimum atomic E-state index is -0.840. The molecule has 2 amide bonds. The molecule has 0 aromatic carbocycles. The smallest absolute Gasteiger partial charge is 0.306 e. The largest absolute Gasteiger partial charge is 0.453 e. The van der Waals surface area contributed by atoms with Gasteiger partial charge in [-0.2, -0.15) is 4.98 Å². The first-order valence-corrected chi connectivity index (χ1v) is 9.64. The van der Waals surface area contributed by atoms with Crippen LogP contribution >= 0.6 is 0 Å². The zero-order chi connectivity index (χ0) is 20.9. The van der Waals surface area contributed by atoms with Gasteiger partial charge in [-0.1, -0.05) is 25.9 Å². The molecular weight excluding hydrogens is 364 g/mol. The number of esters is 1. The summed E-state index contributed by atoms with van der Waals surface area (Å²) < 4.78 is 10.5. The Hall–Kier alpha value is -2.45. The molecule has 28 heavy (non-hydrogen) atoms. The summed E-state index contributed by atoms with van der Waals surface area (Å²) in [5.41, 5.74) is -0.188. The SMILES string of the molecule is CC(=O)N1CCN(C(=O)C(C)OC(=O)CCCc2nc(C(C)(C)C)no2)CC1. The Morgan fingerprint density at radius 1 is 1.14 bits per heavy atom. The first-order valence-electron chi connectivity index (χ1n) is 9.64. The van der Waals surface area contributed by atoms with E-state index in [1.165, 1.54) is 6.92 Å². The van der Waals surface area contributed by atoms with E-state index in [0.717, 1.165) is 0 Å². The zero-order valence-electron chi connectivity index (χ0n) is 17.4. The molecule has 0 radical (unpaired) electrons. The number of aryl methyl sites for hydroxylation is 1. The summed E-state index contributed by atoms with van der Waals surface area (Å²) >= 11 is 0. The standard InChI is InChI=1S/C19H30N4O5/c1-13(17(26)23-11-9-22(10-12-23)14(2)24)27-16(25)8-6-7-15-20-18(21-28-15)19(3,4)5/h13H,6-12H2,1-5H3. The molecule has 9 heteroatoms. The number of carbonyl (C=O) groups is 3. The second-order valence-corrected chi connectivity index (χ2v) is 8.08. The summed E-state index contributed by atoms with van der Waals surface area (Å²) in [6, 6.07) is 0. The zero-order valence-corrected chi connectivity index (χ0v) is 17.4. The van der Waals surface area contributed by atoms with Crippen LogP contribution in [0.5, 0.6) is 0 Å². The van der Waals surface area contributed by atoms with E-state index >= 15 is 0 Å². The van der Waals surface area contributed by atoms with Crippen molar-refractivity contribution >= 4 is 17.8 Å². The van der Waals surface area contributed by atoms with Gasteiger partial charge in [-0.25, -0.2) is 0 Å². The highest BCUT2D eigenvalue weighted by Gasteiger charge is 2.28. The van der Waals surface area contributed by atoms with Gasteiger partial charge >= 0.3 is 5.97 Å². The highest BCUT2D eigenvalue weighted by Crippen LogP contribution is 2.19. The van der Waals surface area contributed by atoms with Crippen LogP contribution in [0.25, 0.3) is 0 Å². The number of hydrogen-bond acceptors (Lipinski definition) is 7. The van der Waals surface area contributed by atoms with Gasteiger partial charge in [-0.05, 0) is 13.3 Å². The molecule has 1 aromatic rings. The highest BCUT2D eigenvalue weighted by molar-refractivity contribution is 5.83. The molecule has 0 saturated carbocycles. The van der Waals surface area contributed by atoms with Crippen molar-refractivity contribution in [2.75, 3.05) is 26.2 Å². The van der Waals surface area contributed by atoms with Gasteiger partial charge in [-0.3, -0.25) is 14.4 Å². The van der Waals surface area contributed by atoms with Gasteiger partial charge in [0.2, 0.25) is 11.8 Å². The fourth-order valence-corrected chi connectivity index (χ4v) is 2.85. The van der Waals surface area contributed by atoms with E-state index in [1.807, 2.05) is 20.8 Å². The van der Waals surface area contributed by atoms with E-state index in [-0.39, 0.29) is 23.7 Å².